The lowest BCUT2D eigenvalue weighted by atomic mass is 10.1. The van der Waals surface area contributed by atoms with Gasteiger partial charge in [-0.2, -0.15) is 0 Å². The molecule has 0 bridgehead atoms. The van der Waals surface area contributed by atoms with Gasteiger partial charge in [0.25, 0.3) is 0 Å². The molecule has 0 radical (unpaired) electrons. The van der Waals surface area contributed by atoms with Crippen LogP contribution in [0.25, 0.3) is 10.4 Å². The third-order valence-electron chi connectivity index (χ3n) is 3.23. The van der Waals surface area contributed by atoms with Crippen molar-refractivity contribution in [2.24, 2.45) is 5.11 Å². The maximum absolute atomic E-state index is 8.38. The maximum atomic E-state index is 8.38. The van der Waals surface area contributed by atoms with E-state index in [2.05, 4.69) is 15.3 Å². The van der Waals surface area contributed by atoms with Crippen LogP contribution in [0.1, 0.15) is 5.56 Å². The van der Waals surface area contributed by atoms with Crippen molar-refractivity contribution in [2.75, 3.05) is 11.9 Å². The lowest BCUT2D eigenvalue weighted by Gasteiger charge is -2.12. The van der Waals surface area contributed by atoms with E-state index in [1.54, 1.807) is 0 Å². The molecular formula is C15H14N4O. The van der Waals surface area contributed by atoms with E-state index in [4.69, 9.17) is 10.3 Å². The van der Waals surface area contributed by atoms with Gasteiger partial charge >= 0.3 is 0 Å². The molecule has 1 heterocycles. The van der Waals surface area contributed by atoms with Crippen molar-refractivity contribution in [3.05, 3.63) is 64.5 Å². The smallest absolute Gasteiger partial charge is 0.146 e. The van der Waals surface area contributed by atoms with Gasteiger partial charge in [-0.15, -0.1) is 0 Å². The fraction of sp³-hybridized carbons (Fsp3) is 0.200. The minimum atomic E-state index is -0.0698. The van der Waals surface area contributed by atoms with Crippen LogP contribution in [0, 0.1) is 0 Å². The second kappa shape index (κ2) is 5.55. The van der Waals surface area contributed by atoms with Crippen molar-refractivity contribution < 1.29 is 4.74 Å². The Kier molecular flexibility index (Phi) is 3.44. The first-order valence-electron chi connectivity index (χ1n) is 6.48. The summed E-state index contributed by atoms with van der Waals surface area (Å²) in [6.45, 7) is 0.357. The fourth-order valence-corrected chi connectivity index (χ4v) is 2.34. The second-order valence-electron chi connectivity index (χ2n) is 4.64. The zero-order valence-corrected chi connectivity index (χ0v) is 10.9. The molecule has 2 aromatic carbocycles. The van der Waals surface area contributed by atoms with E-state index in [-0.39, 0.29) is 6.10 Å². The lowest BCUT2D eigenvalue weighted by Crippen LogP contribution is -2.16. The number of anilines is 2. The Hall–Kier alpha value is -2.65. The van der Waals surface area contributed by atoms with Gasteiger partial charge in [-0.3, -0.25) is 0 Å². The molecule has 0 saturated carbocycles. The zero-order valence-electron chi connectivity index (χ0n) is 10.9. The van der Waals surface area contributed by atoms with Crippen LogP contribution >= 0.6 is 0 Å². The van der Waals surface area contributed by atoms with E-state index in [0.717, 1.165) is 29.1 Å². The number of hydrogen-bond acceptors (Lipinski definition) is 3. The summed E-state index contributed by atoms with van der Waals surface area (Å²) in [7, 11) is 0. The Morgan fingerprint density at radius 1 is 1.20 bits per heavy atom. The summed E-state index contributed by atoms with van der Waals surface area (Å²) in [5, 5.41) is 6.94. The molecule has 1 unspecified atom stereocenters. The summed E-state index contributed by atoms with van der Waals surface area (Å²) in [6.07, 6.45) is 0.707. The average molecular weight is 266 g/mol. The third-order valence-corrected chi connectivity index (χ3v) is 3.23. The number of benzene rings is 2. The van der Waals surface area contributed by atoms with Crippen molar-refractivity contribution >= 4 is 11.4 Å². The van der Waals surface area contributed by atoms with Crippen molar-refractivity contribution in [3.63, 3.8) is 0 Å². The van der Waals surface area contributed by atoms with E-state index in [1.807, 2.05) is 48.5 Å². The number of fused-ring (bicyclic) bond motifs is 1. The summed E-state index contributed by atoms with van der Waals surface area (Å²) in [4.78, 5) is 2.78. The maximum Gasteiger partial charge on any atom is 0.146 e. The molecule has 0 saturated heterocycles. The number of nitrogens with zero attached hydrogens (tertiary/aromatic N) is 3. The van der Waals surface area contributed by atoms with Gasteiger partial charge in [-0.25, -0.2) is 0 Å². The third kappa shape index (κ3) is 2.53. The number of para-hydroxylation sites is 2. The Morgan fingerprint density at radius 2 is 2.05 bits per heavy atom. The molecule has 0 aliphatic carbocycles. The lowest BCUT2D eigenvalue weighted by molar-refractivity contribution is 0.242. The van der Waals surface area contributed by atoms with E-state index < -0.39 is 0 Å². The van der Waals surface area contributed by atoms with Crippen LogP contribution in [0.5, 0.6) is 5.75 Å². The Labute approximate surface area is 116 Å². The summed E-state index contributed by atoms with van der Waals surface area (Å²) >= 11 is 0. The number of hydrogen-bond donors (Lipinski definition) is 1. The average Bonchev–Trinajstić information content (AvgIpc) is 2.90. The topological polar surface area (TPSA) is 70.0 Å². The molecule has 20 heavy (non-hydrogen) atoms. The van der Waals surface area contributed by atoms with Crippen LogP contribution in [0.2, 0.25) is 0 Å². The second-order valence-corrected chi connectivity index (χ2v) is 4.64. The molecule has 3 rings (SSSR count). The number of azide groups is 1. The predicted molar refractivity (Wildman–Crippen MR) is 78.3 cm³/mol. The van der Waals surface area contributed by atoms with Crippen LogP contribution in [-0.4, -0.2) is 12.6 Å². The molecule has 0 fully saturated rings. The van der Waals surface area contributed by atoms with E-state index in [9.17, 15) is 0 Å². The first kappa shape index (κ1) is 12.4. The molecular weight excluding hydrogens is 252 g/mol. The van der Waals surface area contributed by atoms with E-state index >= 15 is 0 Å². The Balaban J connectivity index is 1.82. The quantitative estimate of drug-likeness (QED) is 0.515. The normalized spacial score (nSPS) is 15.9. The number of ether oxygens (including phenoxy) is 1. The van der Waals surface area contributed by atoms with Crippen LogP contribution in [-0.2, 0) is 6.42 Å². The molecule has 0 spiro atoms. The van der Waals surface area contributed by atoms with Crippen molar-refractivity contribution in [2.45, 2.75) is 12.5 Å². The van der Waals surface area contributed by atoms with Gasteiger partial charge in [0, 0.05) is 17.0 Å². The van der Waals surface area contributed by atoms with Gasteiger partial charge in [0.05, 0.1) is 12.2 Å². The van der Waals surface area contributed by atoms with Crippen molar-refractivity contribution in [1.29, 1.82) is 0 Å². The largest absolute Gasteiger partial charge is 0.487 e. The molecule has 0 aromatic heterocycles. The van der Waals surface area contributed by atoms with Crippen LogP contribution < -0.4 is 10.1 Å². The minimum absolute atomic E-state index is 0.0698. The first-order chi connectivity index (χ1) is 9.86. The van der Waals surface area contributed by atoms with Gasteiger partial charge < -0.3 is 10.1 Å². The monoisotopic (exact) mass is 266 g/mol. The highest BCUT2D eigenvalue weighted by Crippen LogP contribution is 2.37. The first-order valence-corrected chi connectivity index (χ1v) is 6.48. The van der Waals surface area contributed by atoms with Crippen LogP contribution in [0.3, 0.4) is 0 Å². The predicted octanol–water partition coefficient (Wildman–Crippen LogP) is 4.04. The molecule has 2 aromatic rings. The number of nitrogens with one attached hydrogen (secondary N) is 1. The molecule has 1 aliphatic heterocycles. The zero-order chi connectivity index (χ0) is 13.8. The molecule has 5 nitrogen and oxygen atoms in total. The summed E-state index contributed by atoms with van der Waals surface area (Å²) in [6, 6.07) is 16.0. The highest BCUT2D eigenvalue weighted by atomic mass is 16.5. The van der Waals surface area contributed by atoms with Crippen molar-refractivity contribution in [1.82, 2.24) is 0 Å². The van der Waals surface area contributed by atoms with Gasteiger partial charge in [-0.1, -0.05) is 35.4 Å². The van der Waals surface area contributed by atoms with Gasteiger partial charge in [0.15, 0.2) is 0 Å². The Morgan fingerprint density at radius 3 is 2.85 bits per heavy atom. The highest BCUT2D eigenvalue weighted by Gasteiger charge is 2.24. The molecule has 0 amide bonds. The minimum Gasteiger partial charge on any atom is -0.487 e. The summed E-state index contributed by atoms with van der Waals surface area (Å²) < 4.78 is 5.88. The highest BCUT2D eigenvalue weighted by molar-refractivity contribution is 5.69. The van der Waals surface area contributed by atoms with Gasteiger partial charge in [0.2, 0.25) is 0 Å². The Bertz CT molecular complexity index is 650. The van der Waals surface area contributed by atoms with Crippen LogP contribution in [0.4, 0.5) is 11.4 Å². The SMILES string of the molecule is [N-]=[N+]=NCC1Cc2cccc(Nc3ccccc3)c2O1. The fourth-order valence-electron chi connectivity index (χ4n) is 2.34. The van der Waals surface area contributed by atoms with Gasteiger partial charge in [-0.05, 0) is 29.3 Å². The van der Waals surface area contributed by atoms with Crippen LogP contribution in [0.15, 0.2) is 53.6 Å². The van der Waals surface area contributed by atoms with E-state index in [1.165, 1.54) is 0 Å². The molecule has 1 aliphatic rings. The standard InChI is InChI=1S/C15H14N4O/c16-19-17-10-13-9-11-5-4-8-14(15(11)20-13)18-12-6-2-1-3-7-12/h1-8,13,18H,9-10H2. The van der Waals surface area contributed by atoms with Gasteiger partial charge in [0.1, 0.15) is 11.9 Å². The molecule has 5 heteroatoms. The molecule has 100 valence electrons. The van der Waals surface area contributed by atoms with E-state index in [0.29, 0.717) is 6.54 Å². The van der Waals surface area contributed by atoms with Crippen molar-refractivity contribution in [3.8, 4) is 5.75 Å². The molecule has 1 N–H and O–H groups in total. The summed E-state index contributed by atoms with van der Waals surface area (Å²) in [5.41, 5.74) is 11.5. The summed E-state index contributed by atoms with van der Waals surface area (Å²) in [5.74, 6) is 0.856. The number of rotatable bonds is 4. The molecule has 1 atom stereocenters.